The molecule has 2 N–H and O–H groups in total. The van der Waals surface area contributed by atoms with Crippen molar-refractivity contribution in [3.05, 3.63) is 66.1 Å². The van der Waals surface area contributed by atoms with E-state index >= 15 is 0 Å². The lowest BCUT2D eigenvalue weighted by molar-refractivity contribution is 0.0602. The van der Waals surface area contributed by atoms with Crippen molar-refractivity contribution >= 4 is 29.1 Å². The van der Waals surface area contributed by atoms with E-state index in [2.05, 4.69) is 25.8 Å². The van der Waals surface area contributed by atoms with Crippen LogP contribution in [0.5, 0.6) is 0 Å². The van der Waals surface area contributed by atoms with E-state index < -0.39 is 5.97 Å². The standard InChI is InChI=1S/C17H14FN5O2/c1-25-16(24)13-7-2-3-8-14(13)21-15-10-19-23-17(22-15)20-12-6-4-5-11(18)9-12/h2-10H,1H3,(H2,20,21,22,23). The van der Waals surface area contributed by atoms with Gasteiger partial charge in [-0.2, -0.15) is 10.1 Å². The van der Waals surface area contributed by atoms with Gasteiger partial charge in [0.15, 0.2) is 5.82 Å². The van der Waals surface area contributed by atoms with E-state index in [9.17, 15) is 9.18 Å². The number of carbonyl (C=O) groups is 1. The molecule has 0 aliphatic carbocycles. The van der Waals surface area contributed by atoms with E-state index in [-0.39, 0.29) is 11.8 Å². The Kier molecular flexibility index (Phi) is 4.79. The molecule has 0 amide bonds. The van der Waals surface area contributed by atoms with Gasteiger partial charge in [-0.05, 0) is 30.3 Å². The van der Waals surface area contributed by atoms with Gasteiger partial charge in [0, 0.05) is 5.69 Å². The fourth-order valence-electron chi connectivity index (χ4n) is 2.13. The third-order valence-corrected chi connectivity index (χ3v) is 3.23. The van der Waals surface area contributed by atoms with E-state index in [0.717, 1.165) is 0 Å². The van der Waals surface area contributed by atoms with Crippen molar-refractivity contribution in [1.82, 2.24) is 15.2 Å². The Balaban J connectivity index is 1.82. The van der Waals surface area contributed by atoms with Crippen molar-refractivity contribution in [2.24, 2.45) is 0 Å². The van der Waals surface area contributed by atoms with Crippen LogP contribution in [0, 0.1) is 5.82 Å². The third-order valence-electron chi connectivity index (χ3n) is 3.23. The first-order chi connectivity index (χ1) is 12.2. The highest BCUT2D eigenvalue weighted by atomic mass is 19.1. The fraction of sp³-hybridized carbons (Fsp3) is 0.0588. The number of para-hydroxylation sites is 1. The number of ether oxygens (including phenoxy) is 1. The van der Waals surface area contributed by atoms with Gasteiger partial charge in [-0.25, -0.2) is 9.18 Å². The predicted molar refractivity (Wildman–Crippen MR) is 90.6 cm³/mol. The molecular weight excluding hydrogens is 325 g/mol. The van der Waals surface area contributed by atoms with Crippen molar-refractivity contribution in [1.29, 1.82) is 0 Å². The Hall–Kier alpha value is -3.55. The van der Waals surface area contributed by atoms with E-state index in [1.165, 1.54) is 25.4 Å². The van der Waals surface area contributed by atoms with Gasteiger partial charge in [0.25, 0.3) is 0 Å². The molecule has 0 fully saturated rings. The van der Waals surface area contributed by atoms with Crippen LogP contribution in [-0.2, 0) is 4.74 Å². The molecule has 0 saturated heterocycles. The highest BCUT2D eigenvalue weighted by Crippen LogP contribution is 2.21. The maximum Gasteiger partial charge on any atom is 0.339 e. The first kappa shape index (κ1) is 16.3. The number of nitrogens with zero attached hydrogens (tertiary/aromatic N) is 3. The zero-order valence-corrected chi connectivity index (χ0v) is 13.2. The van der Waals surface area contributed by atoms with Crippen LogP contribution in [0.15, 0.2) is 54.7 Å². The topological polar surface area (TPSA) is 89.0 Å². The van der Waals surface area contributed by atoms with Crippen LogP contribution in [0.2, 0.25) is 0 Å². The molecule has 3 rings (SSSR count). The van der Waals surface area contributed by atoms with Crippen LogP contribution in [-0.4, -0.2) is 28.3 Å². The summed E-state index contributed by atoms with van der Waals surface area (Å²) in [5.74, 6) is -0.293. The summed E-state index contributed by atoms with van der Waals surface area (Å²) in [5.41, 5.74) is 1.38. The molecule has 0 bridgehead atoms. The molecule has 7 nitrogen and oxygen atoms in total. The van der Waals surface area contributed by atoms with Crippen LogP contribution in [0.3, 0.4) is 0 Å². The van der Waals surface area contributed by atoms with Crippen molar-refractivity contribution < 1.29 is 13.9 Å². The monoisotopic (exact) mass is 339 g/mol. The maximum absolute atomic E-state index is 13.2. The molecule has 0 radical (unpaired) electrons. The van der Waals surface area contributed by atoms with Gasteiger partial charge in [0.05, 0.1) is 24.6 Å². The zero-order valence-electron chi connectivity index (χ0n) is 13.2. The SMILES string of the molecule is COC(=O)c1ccccc1Nc1cnnc(Nc2cccc(F)c2)n1. The van der Waals surface area contributed by atoms with E-state index in [4.69, 9.17) is 4.74 Å². The number of benzene rings is 2. The molecule has 1 aromatic heterocycles. The van der Waals surface area contributed by atoms with Gasteiger partial charge in [0.1, 0.15) is 5.82 Å². The number of methoxy groups -OCH3 is 1. The van der Waals surface area contributed by atoms with Crippen LogP contribution < -0.4 is 10.6 Å². The van der Waals surface area contributed by atoms with Gasteiger partial charge in [0.2, 0.25) is 5.95 Å². The number of halogens is 1. The summed E-state index contributed by atoms with van der Waals surface area (Å²) in [7, 11) is 1.31. The lowest BCUT2D eigenvalue weighted by Gasteiger charge is -2.10. The van der Waals surface area contributed by atoms with Gasteiger partial charge in [-0.3, -0.25) is 0 Å². The van der Waals surface area contributed by atoms with Crippen LogP contribution in [0.25, 0.3) is 0 Å². The molecule has 0 unspecified atom stereocenters. The molecule has 0 aliphatic rings. The quantitative estimate of drug-likeness (QED) is 0.690. The molecule has 0 spiro atoms. The molecule has 0 aliphatic heterocycles. The zero-order chi connectivity index (χ0) is 17.6. The second-order valence-electron chi connectivity index (χ2n) is 4.96. The molecule has 3 aromatic rings. The smallest absolute Gasteiger partial charge is 0.339 e. The number of hydrogen-bond acceptors (Lipinski definition) is 7. The summed E-state index contributed by atoms with van der Waals surface area (Å²) in [6, 6.07) is 12.8. The van der Waals surface area contributed by atoms with Gasteiger partial charge >= 0.3 is 5.97 Å². The van der Waals surface area contributed by atoms with Crippen LogP contribution >= 0.6 is 0 Å². The van der Waals surface area contributed by atoms with Crippen molar-refractivity contribution in [2.45, 2.75) is 0 Å². The van der Waals surface area contributed by atoms with Crippen LogP contribution in [0.1, 0.15) is 10.4 Å². The molecule has 8 heteroatoms. The molecule has 0 atom stereocenters. The van der Waals surface area contributed by atoms with Gasteiger partial charge < -0.3 is 15.4 Å². The van der Waals surface area contributed by atoms with Crippen molar-refractivity contribution in [3.8, 4) is 0 Å². The first-order valence-electron chi connectivity index (χ1n) is 7.32. The summed E-state index contributed by atoms with van der Waals surface area (Å²) in [6.07, 6.45) is 1.41. The second kappa shape index (κ2) is 7.35. The number of esters is 1. The van der Waals surface area contributed by atoms with Crippen molar-refractivity contribution in [3.63, 3.8) is 0 Å². The summed E-state index contributed by atoms with van der Waals surface area (Å²) in [6.45, 7) is 0. The Morgan fingerprint density at radius 1 is 1.12 bits per heavy atom. The molecular formula is C17H14FN5O2. The predicted octanol–water partition coefficient (Wildman–Crippen LogP) is 3.28. The van der Waals surface area contributed by atoms with E-state index in [1.807, 2.05) is 0 Å². The minimum atomic E-state index is -0.469. The number of rotatable bonds is 5. The Morgan fingerprint density at radius 3 is 2.76 bits per heavy atom. The number of hydrogen-bond donors (Lipinski definition) is 2. The van der Waals surface area contributed by atoms with E-state index in [0.29, 0.717) is 22.8 Å². The van der Waals surface area contributed by atoms with Crippen molar-refractivity contribution in [2.75, 3.05) is 17.7 Å². The average molecular weight is 339 g/mol. The Labute approximate surface area is 142 Å². The van der Waals surface area contributed by atoms with Gasteiger partial charge in [-0.15, -0.1) is 5.10 Å². The number of carbonyl (C=O) groups excluding carboxylic acids is 1. The first-order valence-corrected chi connectivity index (χ1v) is 7.32. The molecule has 1 heterocycles. The highest BCUT2D eigenvalue weighted by Gasteiger charge is 2.12. The lowest BCUT2D eigenvalue weighted by Crippen LogP contribution is -2.07. The average Bonchev–Trinajstić information content (AvgIpc) is 2.62. The second-order valence-corrected chi connectivity index (χ2v) is 4.96. The maximum atomic E-state index is 13.2. The minimum absolute atomic E-state index is 0.186. The summed E-state index contributed by atoms with van der Waals surface area (Å²) < 4.78 is 18.0. The fourth-order valence-corrected chi connectivity index (χ4v) is 2.13. The summed E-state index contributed by atoms with van der Waals surface area (Å²) in [5, 5.41) is 13.6. The van der Waals surface area contributed by atoms with Gasteiger partial charge in [-0.1, -0.05) is 18.2 Å². The molecule has 0 saturated carbocycles. The van der Waals surface area contributed by atoms with Crippen LogP contribution in [0.4, 0.5) is 27.5 Å². The third kappa shape index (κ3) is 4.05. The number of anilines is 4. The number of nitrogens with one attached hydrogen (secondary N) is 2. The molecule has 126 valence electrons. The molecule has 25 heavy (non-hydrogen) atoms. The normalized spacial score (nSPS) is 10.2. The minimum Gasteiger partial charge on any atom is -0.465 e. The largest absolute Gasteiger partial charge is 0.465 e. The summed E-state index contributed by atoms with van der Waals surface area (Å²) >= 11 is 0. The Morgan fingerprint density at radius 2 is 1.96 bits per heavy atom. The highest BCUT2D eigenvalue weighted by molar-refractivity contribution is 5.96. The lowest BCUT2D eigenvalue weighted by atomic mass is 10.2. The Bertz CT molecular complexity index is 903. The summed E-state index contributed by atoms with van der Waals surface area (Å²) in [4.78, 5) is 16.1. The van der Waals surface area contributed by atoms with E-state index in [1.54, 1.807) is 36.4 Å². The molecule has 2 aromatic carbocycles. The number of aromatic nitrogens is 3.